The first-order valence-electron chi connectivity index (χ1n) is 15.8. The molecule has 4 rings (SSSR count). The van der Waals surface area contributed by atoms with Gasteiger partial charge in [-0.3, -0.25) is 4.79 Å². The standard InChI is InChI=1S/C36H45N3O7Si/c1-36(2,3)47(4,5)46-31(23-39(35(42)43)22-12-21-37-34(41)45-25-27-15-10-7-11-16-27)28-17-19-30(33-29(28)18-20-32(40)38-33)44-24-26-13-8-6-9-14-26/h6-11,13-20,31H,12,21-25H2,1-5H3,(H,37,41)(H,38,40)(H,42,43)/t31-/m0/s1. The lowest BCUT2D eigenvalue weighted by Gasteiger charge is -2.40. The fraction of sp³-hybridized carbons (Fsp3) is 0.361. The summed E-state index contributed by atoms with van der Waals surface area (Å²) in [7, 11) is -2.41. The predicted octanol–water partition coefficient (Wildman–Crippen LogP) is 7.47. The predicted molar refractivity (Wildman–Crippen MR) is 185 cm³/mol. The molecular formula is C36H45N3O7Si. The molecule has 0 saturated carbocycles. The van der Waals surface area contributed by atoms with Gasteiger partial charge in [0, 0.05) is 24.5 Å². The summed E-state index contributed by atoms with van der Waals surface area (Å²) in [6.07, 6.45) is -1.92. The maximum absolute atomic E-state index is 12.5. The van der Waals surface area contributed by atoms with E-state index in [0.29, 0.717) is 29.7 Å². The molecule has 0 aliphatic rings. The highest BCUT2D eigenvalue weighted by molar-refractivity contribution is 6.74. The van der Waals surface area contributed by atoms with Crippen LogP contribution in [0, 0.1) is 0 Å². The zero-order valence-corrected chi connectivity index (χ0v) is 28.7. The topological polar surface area (TPSA) is 130 Å². The number of pyridine rings is 1. The highest BCUT2D eigenvalue weighted by Crippen LogP contribution is 2.41. The monoisotopic (exact) mass is 659 g/mol. The van der Waals surface area contributed by atoms with Crippen molar-refractivity contribution in [1.82, 2.24) is 15.2 Å². The van der Waals surface area contributed by atoms with Crippen LogP contribution in [0.4, 0.5) is 9.59 Å². The first-order chi connectivity index (χ1) is 22.3. The Bertz CT molecular complexity index is 1690. The summed E-state index contributed by atoms with van der Waals surface area (Å²) in [6, 6.07) is 26.0. The number of hydrogen-bond donors (Lipinski definition) is 3. The molecule has 0 aliphatic heterocycles. The Morgan fingerprint density at radius 2 is 1.55 bits per heavy atom. The largest absolute Gasteiger partial charge is 0.487 e. The Morgan fingerprint density at radius 3 is 2.17 bits per heavy atom. The van der Waals surface area contributed by atoms with E-state index < -0.39 is 26.6 Å². The van der Waals surface area contributed by atoms with Crippen molar-refractivity contribution in [1.29, 1.82) is 0 Å². The van der Waals surface area contributed by atoms with Gasteiger partial charge in [-0.15, -0.1) is 0 Å². The van der Waals surface area contributed by atoms with E-state index in [1.807, 2.05) is 66.7 Å². The number of carboxylic acid groups (broad SMARTS) is 1. The first kappa shape index (κ1) is 35.2. The lowest BCUT2D eigenvalue weighted by Crippen LogP contribution is -2.45. The summed E-state index contributed by atoms with van der Waals surface area (Å²) in [4.78, 5) is 41.4. The van der Waals surface area contributed by atoms with Crippen LogP contribution in [0.2, 0.25) is 18.1 Å². The van der Waals surface area contributed by atoms with Crippen LogP contribution in [0.3, 0.4) is 0 Å². The fourth-order valence-corrected chi connectivity index (χ4v) is 6.08. The SMILES string of the molecule is CC(C)(C)[Si](C)(C)O[C@@H](CN(CCCNC(=O)OCc1ccccc1)C(=O)O)c1ccc(OCc2ccccc2)c2[nH]c(=O)ccc12. The van der Waals surface area contributed by atoms with Gasteiger partial charge in [-0.25, -0.2) is 9.59 Å². The van der Waals surface area contributed by atoms with Gasteiger partial charge in [-0.1, -0.05) is 87.5 Å². The number of H-pyrrole nitrogens is 1. The van der Waals surface area contributed by atoms with Gasteiger partial charge in [-0.2, -0.15) is 0 Å². The molecule has 47 heavy (non-hydrogen) atoms. The lowest BCUT2D eigenvalue weighted by atomic mass is 10.0. The minimum Gasteiger partial charge on any atom is -0.487 e. The quantitative estimate of drug-likeness (QED) is 0.0946. The van der Waals surface area contributed by atoms with Crippen LogP contribution in [0.1, 0.15) is 50.0 Å². The van der Waals surface area contributed by atoms with Gasteiger partial charge in [0.2, 0.25) is 5.56 Å². The molecule has 3 N–H and O–H groups in total. The van der Waals surface area contributed by atoms with Crippen LogP contribution in [0.5, 0.6) is 5.75 Å². The van der Waals surface area contributed by atoms with Crippen molar-refractivity contribution in [3.63, 3.8) is 0 Å². The third kappa shape index (κ3) is 9.94. The minimum atomic E-state index is -2.41. The van der Waals surface area contributed by atoms with E-state index in [9.17, 15) is 19.5 Å². The molecular weight excluding hydrogens is 614 g/mol. The number of benzene rings is 3. The van der Waals surface area contributed by atoms with Crippen LogP contribution in [0.25, 0.3) is 10.9 Å². The summed E-state index contributed by atoms with van der Waals surface area (Å²) in [5.41, 5.74) is 2.86. The molecule has 1 atom stereocenters. The second-order valence-corrected chi connectivity index (χ2v) is 17.7. The number of fused-ring (bicyclic) bond motifs is 1. The van der Waals surface area contributed by atoms with E-state index in [1.165, 1.54) is 11.0 Å². The molecule has 0 bridgehead atoms. The summed E-state index contributed by atoms with van der Waals surface area (Å²) in [5.74, 6) is 0.511. The molecule has 0 unspecified atom stereocenters. The second kappa shape index (κ2) is 15.8. The van der Waals surface area contributed by atoms with Crippen molar-refractivity contribution in [2.24, 2.45) is 0 Å². The first-order valence-corrected chi connectivity index (χ1v) is 18.7. The number of hydrogen-bond acceptors (Lipinski definition) is 6. The third-order valence-electron chi connectivity index (χ3n) is 8.46. The van der Waals surface area contributed by atoms with Gasteiger partial charge in [-0.05, 0) is 53.4 Å². The molecule has 10 nitrogen and oxygen atoms in total. The molecule has 0 radical (unpaired) electrons. The Morgan fingerprint density at radius 1 is 0.915 bits per heavy atom. The van der Waals surface area contributed by atoms with Crippen LogP contribution in [0.15, 0.2) is 89.7 Å². The Hall–Kier alpha value is -4.61. The summed E-state index contributed by atoms with van der Waals surface area (Å²) in [6.45, 7) is 11.6. The Balaban J connectivity index is 1.53. The van der Waals surface area contributed by atoms with Gasteiger partial charge in [0.1, 0.15) is 19.0 Å². The molecule has 250 valence electrons. The number of amides is 2. The van der Waals surface area contributed by atoms with E-state index in [2.05, 4.69) is 44.2 Å². The van der Waals surface area contributed by atoms with Crippen molar-refractivity contribution >= 4 is 31.4 Å². The van der Waals surface area contributed by atoms with Crippen LogP contribution in [-0.4, -0.2) is 55.1 Å². The molecule has 0 fully saturated rings. The number of ether oxygens (including phenoxy) is 2. The fourth-order valence-electron chi connectivity index (χ4n) is 4.82. The third-order valence-corrected chi connectivity index (χ3v) is 12.9. The van der Waals surface area contributed by atoms with E-state index in [1.54, 1.807) is 12.1 Å². The highest BCUT2D eigenvalue weighted by atomic mass is 28.4. The molecule has 0 saturated heterocycles. The smallest absolute Gasteiger partial charge is 0.407 e. The van der Waals surface area contributed by atoms with Crippen LogP contribution in [-0.2, 0) is 22.4 Å². The van der Waals surface area contributed by atoms with Gasteiger partial charge in [0.15, 0.2) is 8.32 Å². The van der Waals surface area contributed by atoms with Crippen molar-refractivity contribution in [3.8, 4) is 5.75 Å². The van der Waals surface area contributed by atoms with Crippen molar-refractivity contribution in [2.75, 3.05) is 19.6 Å². The normalized spacial score (nSPS) is 12.4. The van der Waals surface area contributed by atoms with E-state index in [0.717, 1.165) is 16.7 Å². The molecule has 0 aliphatic carbocycles. The number of rotatable bonds is 14. The van der Waals surface area contributed by atoms with Gasteiger partial charge >= 0.3 is 12.2 Å². The van der Waals surface area contributed by atoms with Crippen molar-refractivity contribution < 1.29 is 28.6 Å². The summed E-state index contributed by atoms with van der Waals surface area (Å²) >= 11 is 0. The summed E-state index contributed by atoms with van der Waals surface area (Å²) < 4.78 is 18.3. The van der Waals surface area contributed by atoms with Gasteiger partial charge < -0.3 is 34.2 Å². The number of aromatic nitrogens is 1. The van der Waals surface area contributed by atoms with E-state index in [4.69, 9.17) is 13.9 Å². The molecule has 0 spiro atoms. The van der Waals surface area contributed by atoms with Gasteiger partial charge in [0.25, 0.3) is 0 Å². The van der Waals surface area contributed by atoms with Crippen LogP contribution >= 0.6 is 0 Å². The minimum absolute atomic E-state index is 0.0543. The highest BCUT2D eigenvalue weighted by Gasteiger charge is 2.40. The molecule has 1 aromatic heterocycles. The Labute approximate surface area is 276 Å². The number of carbonyl (C=O) groups is 2. The molecule has 4 aromatic rings. The number of aromatic amines is 1. The summed E-state index contributed by atoms with van der Waals surface area (Å²) in [5, 5.41) is 13.5. The van der Waals surface area contributed by atoms with E-state index >= 15 is 0 Å². The van der Waals surface area contributed by atoms with Crippen LogP contribution < -0.4 is 15.6 Å². The van der Waals surface area contributed by atoms with Gasteiger partial charge in [0.05, 0.1) is 18.2 Å². The lowest BCUT2D eigenvalue weighted by molar-refractivity contribution is 0.101. The average molecular weight is 660 g/mol. The Kier molecular flexibility index (Phi) is 11.8. The van der Waals surface area contributed by atoms with Crippen molar-refractivity contribution in [3.05, 3.63) is 112 Å². The molecule has 2 amide bonds. The maximum Gasteiger partial charge on any atom is 0.407 e. The number of nitrogens with one attached hydrogen (secondary N) is 2. The number of nitrogens with zero attached hydrogens (tertiary/aromatic N) is 1. The van der Waals surface area contributed by atoms with Crippen molar-refractivity contribution in [2.45, 2.75) is 64.6 Å². The number of carbonyl (C=O) groups excluding carboxylic acids is 1. The second-order valence-electron chi connectivity index (χ2n) is 13.0. The average Bonchev–Trinajstić information content (AvgIpc) is 3.03. The molecule has 3 aromatic carbocycles. The zero-order valence-electron chi connectivity index (χ0n) is 27.7. The maximum atomic E-state index is 12.5. The molecule has 1 heterocycles. The number of alkyl carbamates (subject to hydrolysis) is 1. The van der Waals surface area contributed by atoms with E-state index in [-0.39, 0.29) is 36.8 Å². The zero-order chi connectivity index (χ0) is 34.0. The molecule has 11 heteroatoms.